The molecule has 0 aromatic heterocycles. The summed E-state index contributed by atoms with van der Waals surface area (Å²) in [6, 6.07) is 2.48. The van der Waals surface area contributed by atoms with Crippen LogP contribution in [-0.2, 0) is 6.42 Å². The Balaban J connectivity index is 2.23. The summed E-state index contributed by atoms with van der Waals surface area (Å²) < 4.78 is 5.83. The molecular weight excluding hydrogens is 234 g/mol. The highest BCUT2D eigenvalue weighted by Crippen LogP contribution is 2.48. The highest BCUT2D eigenvalue weighted by Gasteiger charge is 2.32. The van der Waals surface area contributed by atoms with E-state index in [9.17, 15) is 0 Å². The third-order valence-corrected chi connectivity index (χ3v) is 4.39. The van der Waals surface area contributed by atoms with Crippen molar-refractivity contribution >= 4 is 11.6 Å². The Morgan fingerprint density at radius 1 is 1.35 bits per heavy atom. The molecule has 2 nitrogen and oxygen atoms in total. The van der Waals surface area contributed by atoms with Gasteiger partial charge in [-0.25, -0.2) is 0 Å². The number of rotatable bonds is 1. The van der Waals surface area contributed by atoms with Crippen LogP contribution in [-0.4, -0.2) is 13.7 Å². The summed E-state index contributed by atoms with van der Waals surface area (Å²) in [7, 11) is 2.01. The molecule has 1 aliphatic carbocycles. The zero-order chi connectivity index (χ0) is 12.0. The van der Waals surface area contributed by atoms with Crippen LogP contribution in [0.4, 0.5) is 0 Å². The van der Waals surface area contributed by atoms with E-state index in [1.807, 2.05) is 7.05 Å². The summed E-state index contributed by atoms with van der Waals surface area (Å²) in [5, 5.41) is 4.28. The van der Waals surface area contributed by atoms with E-state index in [4.69, 9.17) is 16.3 Å². The van der Waals surface area contributed by atoms with Gasteiger partial charge in [0.05, 0.1) is 6.61 Å². The standard InChI is InChI=1S/C14H18ClNO/c1-8-3-4-11(16-2)13-10(15)7-9-5-6-17-14(9)12(8)13/h7-8,11,16H,3-6H2,1-2H3. The largest absolute Gasteiger partial charge is 0.493 e. The maximum Gasteiger partial charge on any atom is 0.126 e. The topological polar surface area (TPSA) is 21.3 Å². The van der Waals surface area contributed by atoms with Crippen LogP contribution >= 0.6 is 11.6 Å². The predicted molar refractivity (Wildman–Crippen MR) is 70.1 cm³/mol. The first-order valence-corrected chi connectivity index (χ1v) is 6.75. The Morgan fingerprint density at radius 2 is 2.18 bits per heavy atom. The zero-order valence-electron chi connectivity index (χ0n) is 10.3. The molecule has 92 valence electrons. The van der Waals surface area contributed by atoms with Gasteiger partial charge in [0.25, 0.3) is 0 Å². The van der Waals surface area contributed by atoms with Gasteiger partial charge in [-0.1, -0.05) is 18.5 Å². The monoisotopic (exact) mass is 251 g/mol. The Labute approximate surface area is 107 Å². The van der Waals surface area contributed by atoms with Crippen molar-refractivity contribution in [3.63, 3.8) is 0 Å². The van der Waals surface area contributed by atoms with E-state index in [1.54, 1.807) is 0 Å². The lowest BCUT2D eigenvalue weighted by atomic mass is 9.79. The van der Waals surface area contributed by atoms with Crippen LogP contribution in [0.15, 0.2) is 6.07 Å². The van der Waals surface area contributed by atoms with Crippen LogP contribution in [0, 0.1) is 0 Å². The van der Waals surface area contributed by atoms with E-state index in [0.29, 0.717) is 12.0 Å². The number of ether oxygens (including phenoxy) is 1. The van der Waals surface area contributed by atoms with E-state index >= 15 is 0 Å². The Hall–Kier alpha value is -0.730. The molecule has 2 unspecified atom stereocenters. The smallest absolute Gasteiger partial charge is 0.126 e. The first kappa shape index (κ1) is 11.4. The van der Waals surface area contributed by atoms with E-state index in [2.05, 4.69) is 18.3 Å². The lowest BCUT2D eigenvalue weighted by Gasteiger charge is -2.31. The average molecular weight is 252 g/mol. The van der Waals surface area contributed by atoms with Gasteiger partial charge in [-0.15, -0.1) is 0 Å². The quantitative estimate of drug-likeness (QED) is 0.826. The lowest BCUT2D eigenvalue weighted by molar-refractivity contribution is 0.344. The third-order valence-electron chi connectivity index (χ3n) is 4.08. The maximum absolute atomic E-state index is 6.47. The molecule has 17 heavy (non-hydrogen) atoms. The van der Waals surface area contributed by atoms with Crippen molar-refractivity contribution in [3.8, 4) is 5.75 Å². The number of fused-ring (bicyclic) bond motifs is 3. The molecule has 2 atom stereocenters. The third kappa shape index (κ3) is 1.66. The van der Waals surface area contributed by atoms with E-state index in [1.165, 1.54) is 23.1 Å². The molecule has 1 aromatic rings. The summed E-state index contributed by atoms with van der Waals surface area (Å²) in [5.41, 5.74) is 3.92. The van der Waals surface area contributed by atoms with Crippen molar-refractivity contribution in [2.75, 3.05) is 13.7 Å². The fourth-order valence-electron chi connectivity index (χ4n) is 3.18. The molecule has 1 aliphatic heterocycles. The Bertz CT molecular complexity index is 458. The molecular formula is C14H18ClNO. The minimum absolute atomic E-state index is 0.378. The molecule has 0 saturated carbocycles. The van der Waals surface area contributed by atoms with Gasteiger partial charge >= 0.3 is 0 Å². The van der Waals surface area contributed by atoms with Crippen LogP contribution in [0.5, 0.6) is 5.75 Å². The van der Waals surface area contributed by atoms with Gasteiger partial charge in [-0.2, -0.15) is 0 Å². The van der Waals surface area contributed by atoms with Crippen molar-refractivity contribution in [2.45, 2.75) is 38.1 Å². The van der Waals surface area contributed by atoms with Crippen molar-refractivity contribution in [2.24, 2.45) is 0 Å². The van der Waals surface area contributed by atoms with Crippen molar-refractivity contribution < 1.29 is 4.74 Å². The normalized spacial score (nSPS) is 26.3. The molecule has 0 amide bonds. The van der Waals surface area contributed by atoms with Gasteiger partial charge in [0.1, 0.15) is 5.75 Å². The van der Waals surface area contributed by atoms with E-state index in [0.717, 1.165) is 30.2 Å². The number of hydrogen-bond acceptors (Lipinski definition) is 2. The molecule has 1 aromatic carbocycles. The highest BCUT2D eigenvalue weighted by atomic mass is 35.5. The number of hydrogen-bond donors (Lipinski definition) is 1. The van der Waals surface area contributed by atoms with Gasteiger partial charge < -0.3 is 10.1 Å². The highest BCUT2D eigenvalue weighted by molar-refractivity contribution is 6.31. The molecule has 3 heteroatoms. The van der Waals surface area contributed by atoms with Crippen LogP contribution in [0.25, 0.3) is 0 Å². The number of benzene rings is 1. The van der Waals surface area contributed by atoms with Crippen LogP contribution in [0.3, 0.4) is 0 Å². The van der Waals surface area contributed by atoms with Gasteiger partial charge in [-0.3, -0.25) is 0 Å². The molecule has 3 rings (SSSR count). The van der Waals surface area contributed by atoms with Gasteiger partial charge in [0, 0.05) is 23.0 Å². The zero-order valence-corrected chi connectivity index (χ0v) is 11.1. The summed E-state index contributed by atoms with van der Waals surface area (Å²) in [6.07, 6.45) is 3.36. The van der Waals surface area contributed by atoms with E-state index in [-0.39, 0.29) is 0 Å². The summed E-state index contributed by atoms with van der Waals surface area (Å²) in [5.74, 6) is 1.68. The number of nitrogens with one attached hydrogen (secondary N) is 1. The number of halogens is 1. The SMILES string of the molecule is CNC1CCC(C)c2c3c(cc(Cl)c21)CCO3. The minimum atomic E-state index is 0.378. The first-order chi connectivity index (χ1) is 8.22. The van der Waals surface area contributed by atoms with E-state index < -0.39 is 0 Å². The minimum Gasteiger partial charge on any atom is -0.493 e. The first-order valence-electron chi connectivity index (χ1n) is 6.37. The van der Waals surface area contributed by atoms with Gasteiger partial charge in [0.2, 0.25) is 0 Å². The second kappa shape index (κ2) is 4.18. The van der Waals surface area contributed by atoms with Crippen molar-refractivity contribution in [1.29, 1.82) is 0 Å². The lowest BCUT2D eigenvalue weighted by Crippen LogP contribution is -2.24. The molecule has 1 heterocycles. The molecule has 0 saturated heterocycles. The molecule has 0 fully saturated rings. The molecule has 0 bridgehead atoms. The van der Waals surface area contributed by atoms with Crippen molar-refractivity contribution in [1.82, 2.24) is 5.32 Å². The Morgan fingerprint density at radius 3 is 2.94 bits per heavy atom. The maximum atomic E-state index is 6.47. The Kier molecular flexibility index (Phi) is 2.80. The van der Waals surface area contributed by atoms with Crippen LogP contribution in [0.1, 0.15) is 48.4 Å². The predicted octanol–water partition coefficient (Wildman–Crippen LogP) is 3.43. The van der Waals surface area contributed by atoms with Gasteiger partial charge in [0.15, 0.2) is 0 Å². The van der Waals surface area contributed by atoms with Crippen LogP contribution in [0.2, 0.25) is 5.02 Å². The summed E-state index contributed by atoms with van der Waals surface area (Å²) >= 11 is 6.47. The summed E-state index contributed by atoms with van der Waals surface area (Å²) in [6.45, 7) is 3.09. The molecule has 1 N–H and O–H groups in total. The molecule has 2 aliphatic rings. The molecule has 0 radical (unpaired) electrons. The fraction of sp³-hybridized carbons (Fsp3) is 0.571. The second-order valence-corrected chi connectivity index (χ2v) is 5.50. The van der Waals surface area contributed by atoms with Crippen LogP contribution < -0.4 is 10.1 Å². The molecule has 0 spiro atoms. The fourth-order valence-corrected chi connectivity index (χ4v) is 3.54. The average Bonchev–Trinajstić information content (AvgIpc) is 2.77. The van der Waals surface area contributed by atoms with Crippen molar-refractivity contribution in [3.05, 3.63) is 27.8 Å². The summed E-state index contributed by atoms with van der Waals surface area (Å²) in [4.78, 5) is 0. The second-order valence-electron chi connectivity index (χ2n) is 5.09. The van der Waals surface area contributed by atoms with Gasteiger partial charge in [-0.05, 0) is 43.0 Å².